The van der Waals surface area contributed by atoms with Gasteiger partial charge in [0.2, 0.25) is 5.95 Å². The molecule has 0 saturated carbocycles. The second kappa shape index (κ2) is 12.0. The summed E-state index contributed by atoms with van der Waals surface area (Å²) in [5.41, 5.74) is 7.65. The van der Waals surface area contributed by atoms with E-state index < -0.39 is 35.2 Å². The molecule has 3 amide bonds. The molecule has 3 N–H and O–H groups in total. The number of nitrogen functional groups attached to an aromatic ring is 1. The van der Waals surface area contributed by atoms with Crippen LogP contribution in [-0.4, -0.2) is 49.5 Å². The third kappa shape index (κ3) is 6.86. The number of hydrogen-bond donors (Lipinski definition) is 2. The van der Waals surface area contributed by atoms with Crippen LogP contribution < -0.4 is 11.1 Å². The summed E-state index contributed by atoms with van der Waals surface area (Å²) >= 11 is 0. The zero-order valence-corrected chi connectivity index (χ0v) is 25.3. The van der Waals surface area contributed by atoms with Gasteiger partial charge in [-0.25, -0.2) is 19.7 Å². The molecule has 0 saturated heterocycles. The topological polar surface area (TPSA) is 132 Å². The predicted molar refractivity (Wildman–Crippen MR) is 164 cm³/mol. The lowest BCUT2D eigenvalue weighted by Crippen LogP contribution is -2.44. The first-order valence-electron chi connectivity index (χ1n) is 14.1. The molecule has 4 aromatic rings. The van der Waals surface area contributed by atoms with E-state index in [2.05, 4.69) is 27.1 Å². The van der Waals surface area contributed by atoms with E-state index in [1.165, 1.54) is 6.20 Å². The van der Waals surface area contributed by atoms with Gasteiger partial charge in [0.05, 0.1) is 22.4 Å². The maximum atomic E-state index is 13.3. The number of carbonyl (C=O) groups excluding carboxylic acids is 3. The van der Waals surface area contributed by atoms with Crippen LogP contribution in [0.3, 0.4) is 0 Å². The van der Waals surface area contributed by atoms with Crippen LogP contribution in [0.4, 0.5) is 29.6 Å². The lowest BCUT2D eigenvalue weighted by molar-refractivity contribution is -0.137. The van der Waals surface area contributed by atoms with Crippen molar-refractivity contribution < 1.29 is 32.3 Å². The summed E-state index contributed by atoms with van der Waals surface area (Å²) in [7, 11) is 1.78. The third-order valence-electron chi connectivity index (χ3n) is 7.01. The third-order valence-corrected chi connectivity index (χ3v) is 7.01. The van der Waals surface area contributed by atoms with Crippen LogP contribution in [0.25, 0.3) is 11.4 Å². The van der Waals surface area contributed by atoms with Gasteiger partial charge in [0, 0.05) is 48.7 Å². The van der Waals surface area contributed by atoms with Gasteiger partial charge in [0.15, 0.2) is 0 Å². The van der Waals surface area contributed by atoms with Crippen LogP contribution in [0.5, 0.6) is 0 Å². The van der Waals surface area contributed by atoms with Gasteiger partial charge in [-0.3, -0.25) is 9.59 Å². The van der Waals surface area contributed by atoms with Crippen molar-refractivity contribution in [3.8, 4) is 23.2 Å². The van der Waals surface area contributed by atoms with E-state index in [4.69, 9.17) is 10.5 Å². The fourth-order valence-electron chi connectivity index (χ4n) is 4.82. The summed E-state index contributed by atoms with van der Waals surface area (Å²) in [4.78, 5) is 48.2. The fourth-order valence-corrected chi connectivity index (χ4v) is 4.82. The first-order valence-corrected chi connectivity index (χ1v) is 14.1. The summed E-state index contributed by atoms with van der Waals surface area (Å²) in [5.74, 6) is 4.96. The van der Waals surface area contributed by atoms with Crippen molar-refractivity contribution >= 4 is 29.5 Å². The van der Waals surface area contributed by atoms with E-state index in [0.29, 0.717) is 45.9 Å². The standard InChI is InChI=1S/C33H29F3N6O4/c1-32(2,3)46-31(45)42-15-14-25-24(29(42)44)17-26(41(25)4)27-21(18-38-30(37)40-27)9-8-19-6-5-7-23(16-19)39-28(43)20-10-12-22(13-11-20)33(34,35)36/h5-7,10-13,16-18H,14-15H2,1-4H3,(H,39,43)(H2,37,38,40). The number of nitrogens with one attached hydrogen (secondary N) is 1. The van der Waals surface area contributed by atoms with Crippen LogP contribution in [0.15, 0.2) is 60.8 Å². The minimum atomic E-state index is -4.50. The van der Waals surface area contributed by atoms with Gasteiger partial charge in [-0.05, 0) is 69.3 Å². The Balaban J connectivity index is 1.40. The maximum Gasteiger partial charge on any atom is 0.417 e. The van der Waals surface area contributed by atoms with Crippen molar-refractivity contribution in [3.05, 3.63) is 94.3 Å². The van der Waals surface area contributed by atoms with Crippen LogP contribution in [0.1, 0.15) is 63.9 Å². The van der Waals surface area contributed by atoms with Crippen molar-refractivity contribution in [2.75, 3.05) is 17.6 Å². The molecule has 0 aliphatic carbocycles. The second-order valence-corrected chi connectivity index (χ2v) is 11.5. The lowest BCUT2D eigenvalue weighted by atomic mass is 10.1. The monoisotopic (exact) mass is 630 g/mol. The number of rotatable bonds is 3. The molecule has 10 nitrogen and oxygen atoms in total. The highest BCUT2D eigenvalue weighted by atomic mass is 19.4. The van der Waals surface area contributed by atoms with E-state index in [9.17, 15) is 27.6 Å². The molecule has 236 valence electrons. The van der Waals surface area contributed by atoms with Crippen LogP contribution in [-0.2, 0) is 24.4 Å². The van der Waals surface area contributed by atoms with E-state index in [1.807, 2.05) is 4.57 Å². The number of alkyl halides is 3. The number of fused-ring (bicyclic) bond motifs is 1. The summed E-state index contributed by atoms with van der Waals surface area (Å²) in [5, 5.41) is 2.66. The Bertz CT molecular complexity index is 1910. The van der Waals surface area contributed by atoms with E-state index in [0.717, 1.165) is 29.2 Å². The molecule has 13 heteroatoms. The highest BCUT2D eigenvalue weighted by Crippen LogP contribution is 2.31. The molecule has 2 aromatic carbocycles. The van der Waals surface area contributed by atoms with Crippen molar-refractivity contribution in [1.29, 1.82) is 0 Å². The number of amides is 3. The molecule has 5 rings (SSSR count). The smallest absolute Gasteiger partial charge is 0.417 e. The van der Waals surface area contributed by atoms with Gasteiger partial charge in [0.25, 0.3) is 11.8 Å². The number of anilines is 2. The minimum absolute atomic E-state index is 0.00518. The first-order chi connectivity index (χ1) is 21.6. The Morgan fingerprint density at radius 3 is 2.43 bits per heavy atom. The van der Waals surface area contributed by atoms with Gasteiger partial charge >= 0.3 is 12.3 Å². The van der Waals surface area contributed by atoms with E-state index in [-0.39, 0.29) is 18.1 Å². The number of carbonyl (C=O) groups is 3. The van der Waals surface area contributed by atoms with Crippen LogP contribution >= 0.6 is 0 Å². The van der Waals surface area contributed by atoms with Gasteiger partial charge < -0.3 is 20.4 Å². The highest BCUT2D eigenvalue weighted by Gasteiger charge is 2.35. The molecule has 0 atom stereocenters. The van der Waals surface area contributed by atoms with E-state index in [1.54, 1.807) is 58.2 Å². The largest absolute Gasteiger partial charge is 0.443 e. The lowest BCUT2D eigenvalue weighted by Gasteiger charge is -2.28. The Hall–Kier alpha value is -5.64. The molecule has 46 heavy (non-hydrogen) atoms. The molecule has 0 unspecified atom stereocenters. The Kier molecular flexibility index (Phi) is 8.32. The molecule has 0 fully saturated rings. The molecule has 3 heterocycles. The Morgan fingerprint density at radius 2 is 1.76 bits per heavy atom. The first kappa shape index (κ1) is 31.8. The summed E-state index contributed by atoms with van der Waals surface area (Å²) in [6, 6.07) is 12.2. The quantitative estimate of drug-likeness (QED) is 0.279. The highest BCUT2D eigenvalue weighted by molar-refractivity contribution is 6.06. The maximum absolute atomic E-state index is 13.3. The minimum Gasteiger partial charge on any atom is -0.443 e. The van der Waals surface area contributed by atoms with Gasteiger partial charge in [-0.15, -0.1) is 0 Å². The molecule has 1 aliphatic rings. The number of aromatic nitrogens is 3. The van der Waals surface area contributed by atoms with Crippen molar-refractivity contribution in [3.63, 3.8) is 0 Å². The molecule has 0 spiro atoms. The van der Waals surface area contributed by atoms with Gasteiger partial charge in [0.1, 0.15) is 11.3 Å². The summed E-state index contributed by atoms with van der Waals surface area (Å²) < 4.78 is 45.8. The van der Waals surface area contributed by atoms with Crippen molar-refractivity contribution in [2.24, 2.45) is 7.05 Å². The van der Waals surface area contributed by atoms with Crippen LogP contribution in [0, 0.1) is 11.8 Å². The molecule has 2 aromatic heterocycles. The van der Waals surface area contributed by atoms with Crippen molar-refractivity contribution in [1.82, 2.24) is 19.4 Å². The normalized spacial score (nSPS) is 13.0. The Morgan fingerprint density at radius 1 is 1.04 bits per heavy atom. The van der Waals surface area contributed by atoms with Gasteiger partial charge in [-0.2, -0.15) is 13.2 Å². The Labute approximate surface area is 262 Å². The number of halogens is 3. The average Bonchev–Trinajstić information content (AvgIpc) is 3.32. The summed E-state index contributed by atoms with van der Waals surface area (Å²) in [6.45, 7) is 5.33. The average molecular weight is 631 g/mol. The molecule has 0 radical (unpaired) electrons. The van der Waals surface area contributed by atoms with Crippen LogP contribution in [0.2, 0.25) is 0 Å². The molecule has 1 aliphatic heterocycles. The number of benzene rings is 2. The predicted octanol–water partition coefficient (Wildman–Crippen LogP) is 5.67. The van der Waals surface area contributed by atoms with Gasteiger partial charge in [-0.1, -0.05) is 17.9 Å². The number of imide groups is 1. The zero-order valence-electron chi connectivity index (χ0n) is 25.3. The molecule has 0 bridgehead atoms. The van der Waals surface area contributed by atoms with E-state index >= 15 is 0 Å². The summed E-state index contributed by atoms with van der Waals surface area (Å²) in [6.07, 6.45) is -3.35. The second-order valence-electron chi connectivity index (χ2n) is 11.5. The zero-order chi connectivity index (χ0) is 33.4. The SMILES string of the molecule is Cn1c(-c2nc(N)ncc2C#Cc2cccc(NC(=O)c3ccc(C(F)(F)F)cc3)c2)cc2c1CCN(C(=O)OC(C)(C)C)C2=O. The number of hydrogen-bond acceptors (Lipinski definition) is 7. The van der Waals surface area contributed by atoms with Crippen molar-refractivity contribution in [2.45, 2.75) is 39.0 Å². The fraction of sp³-hybridized carbons (Fsp3) is 0.242. The molecular formula is C33H29F3N6O4. The number of ether oxygens (including phenoxy) is 1. The number of nitrogens with two attached hydrogens (primary N) is 1. The molecular weight excluding hydrogens is 601 g/mol. The number of nitrogens with zero attached hydrogens (tertiary/aromatic N) is 4.